The Hall–Kier alpha value is -2.28. The first kappa shape index (κ1) is 15.8. The molecule has 7 heteroatoms. The van der Waals surface area contributed by atoms with E-state index in [2.05, 4.69) is 9.89 Å². The zero-order valence-electron chi connectivity index (χ0n) is 11.7. The number of carbonyl (C=O) groups is 1. The van der Waals surface area contributed by atoms with Crippen molar-refractivity contribution in [3.8, 4) is 5.75 Å². The Labute approximate surface area is 117 Å². The highest BCUT2D eigenvalue weighted by molar-refractivity contribution is 5.91. The van der Waals surface area contributed by atoms with E-state index < -0.39 is 6.09 Å². The van der Waals surface area contributed by atoms with Crippen LogP contribution in [0.25, 0.3) is 0 Å². The molecule has 0 saturated carbocycles. The molecule has 20 heavy (non-hydrogen) atoms. The number of oxime groups is 1. The van der Waals surface area contributed by atoms with Crippen LogP contribution in [0, 0.1) is 0 Å². The van der Waals surface area contributed by atoms with Crippen LogP contribution in [0.15, 0.2) is 29.4 Å². The van der Waals surface area contributed by atoms with Crippen LogP contribution in [-0.4, -0.2) is 47.0 Å². The van der Waals surface area contributed by atoms with Gasteiger partial charge in [-0.05, 0) is 24.3 Å². The fraction of sp³-hybridized carbons (Fsp3) is 0.385. The summed E-state index contributed by atoms with van der Waals surface area (Å²) in [6.45, 7) is 0.264. The molecule has 0 bridgehead atoms. The summed E-state index contributed by atoms with van der Waals surface area (Å²) in [7, 11) is 4.39. The number of rotatable bonds is 7. The second-order valence-electron chi connectivity index (χ2n) is 3.60. The van der Waals surface area contributed by atoms with Crippen molar-refractivity contribution in [3.05, 3.63) is 24.3 Å². The molecule has 1 aromatic carbocycles. The number of amides is 1. The number of hydrogen-bond donors (Lipinski definition) is 0. The van der Waals surface area contributed by atoms with Crippen LogP contribution >= 0.6 is 0 Å². The first-order valence-corrected chi connectivity index (χ1v) is 5.85. The predicted molar refractivity (Wildman–Crippen MR) is 74.2 cm³/mol. The molecule has 1 rings (SSSR count). The molecule has 7 nitrogen and oxygen atoms in total. The molecule has 0 aliphatic heterocycles. The molecule has 0 aromatic heterocycles. The quantitative estimate of drug-likeness (QED) is 0.330. The van der Waals surface area contributed by atoms with Crippen molar-refractivity contribution >= 4 is 18.0 Å². The first-order chi connectivity index (χ1) is 9.72. The van der Waals surface area contributed by atoms with E-state index in [9.17, 15) is 4.79 Å². The summed E-state index contributed by atoms with van der Waals surface area (Å²) in [4.78, 5) is 17.9. The summed E-state index contributed by atoms with van der Waals surface area (Å²) >= 11 is 0. The van der Waals surface area contributed by atoms with E-state index in [0.29, 0.717) is 11.4 Å². The molecule has 0 N–H and O–H groups in total. The molecule has 0 aliphatic carbocycles. The third kappa shape index (κ3) is 4.77. The van der Waals surface area contributed by atoms with Crippen molar-refractivity contribution in [3.63, 3.8) is 0 Å². The molecule has 0 atom stereocenters. The van der Waals surface area contributed by atoms with Crippen molar-refractivity contribution in [1.29, 1.82) is 0 Å². The number of ether oxygens (including phenoxy) is 3. The summed E-state index contributed by atoms with van der Waals surface area (Å²) in [5.74, 6) is 0.704. The predicted octanol–water partition coefficient (Wildman–Crippen LogP) is 1.87. The highest BCUT2D eigenvalue weighted by Gasteiger charge is 2.15. The van der Waals surface area contributed by atoms with Gasteiger partial charge in [0, 0.05) is 12.8 Å². The zero-order chi connectivity index (χ0) is 14.8. The summed E-state index contributed by atoms with van der Waals surface area (Å²) in [5.41, 5.74) is 0.663. The Morgan fingerprint density at radius 2 is 1.95 bits per heavy atom. The van der Waals surface area contributed by atoms with Gasteiger partial charge in [0.15, 0.2) is 0 Å². The molecular weight excluding hydrogens is 264 g/mol. The maximum Gasteiger partial charge on any atom is 0.414 e. The van der Waals surface area contributed by atoms with Crippen molar-refractivity contribution in [2.24, 2.45) is 5.16 Å². The van der Waals surface area contributed by atoms with Crippen LogP contribution in [0.2, 0.25) is 0 Å². The number of methoxy groups -OCH3 is 3. The number of nitrogens with zero attached hydrogens (tertiary/aromatic N) is 2. The maximum absolute atomic E-state index is 11.7. The Balaban J connectivity index is 2.72. The molecule has 0 saturated heterocycles. The summed E-state index contributed by atoms with van der Waals surface area (Å²) in [6.07, 6.45) is 0.952. The third-order valence-corrected chi connectivity index (χ3v) is 2.36. The van der Waals surface area contributed by atoms with Gasteiger partial charge in [0.05, 0.1) is 27.0 Å². The molecule has 0 spiro atoms. The number of carbonyl (C=O) groups excluding carboxylic acids is 1. The lowest BCUT2D eigenvalue weighted by atomic mass is 10.3. The lowest BCUT2D eigenvalue weighted by Gasteiger charge is -2.19. The molecule has 1 aromatic rings. The van der Waals surface area contributed by atoms with Gasteiger partial charge in [0.25, 0.3) is 0 Å². The molecular formula is C13H18N2O5. The second-order valence-corrected chi connectivity index (χ2v) is 3.60. The standard InChI is InChI=1S/C13H18N2O5/c1-17-10-20-14-8-9-15(13(16)19-3)11-4-6-12(18-2)7-5-11/h4-8H,9-10H2,1-3H3/b14-8+. The number of anilines is 1. The minimum atomic E-state index is -0.492. The number of benzene rings is 1. The van der Waals surface area contributed by atoms with Crippen LogP contribution in [0.5, 0.6) is 5.75 Å². The highest BCUT2D eigenvalue weighted by atomic mass is 16.7. The van der Waals surface area contributed by atoms with E-state index in [1.54, 1.807) is 31.4 Å². The van der Waals surface area contributed by atoms with Gasteiger partial charge >= 0.3 is 6.09 Å². The average molecular weight is 282 g/mol. The fourth-order valence-corrected chi connectivity index (χ4v) is 1.41. The Bertz CT molecular complexity index is 433. The molecule has 1 amide bonds. The zero-order valence-corrected chi connectivity index (χ0v) is 11.7. The SMILES string of the molecule is COCO/N=C/CN(C(=O)OC)c1ccc(OC)cc1. The van der Waals surface area contributed by atoms with E-state index in [1.165, 1.54) is 25.3 Å². The van der Waals surface area contributed by atoms with Gasteiger partial charge in [-0.3, -0.25) is 4.90 Å². The van der Waals surface area contributed by atoms with Crippen molar-refractivity contribution < 1.29 is 23.8 Å². The van der Waals surface area contributed by atoms with Gasteiger partial charge in [-0.25, -0.2) is 4.79 Å². The van der Waals surface area contributed by atoms with Crippen LogP contribution in [0.4, 0.5) is 10.5 Å². The fourth-order valence-electron chi connectivity index (χ4n) is 1.41. The Morgan fingerprint density at radius 1 is 1.25 bits per heavy atom. The van der Waals surface area contributed by atoms with E-state index in [1.807, 2.05) is 0 Å². The van der Waals surface area contributed by atoms with Gasteiger partial charge in [-0.15, -0.1) is 0 Å². The summed E-state index contributed by atoms with van der Waals surface area (Å²) in [6, 6.07) is 7.01. The molecule has 0 heterocycles. The molecule has 0 radical (unpaired) electrons. The first-order valence-electron chi connectivity index (χ1n) is 5.85. The Kier molecular flexibility index (Phi) is 6.91. The van der Waals surface area contributed by atoms with Crippen LogP contribution in [0.3, 0.4) is 0 Å². The third-order valence-electron chi connectivity index (χ3n) is 2.36. The smallest absolute Gasteiger partial charge is 0.414 e. The van der Waals surface area contributed by atoms with Gasteiger partial charge in [0.1, 0.15) is 5.75 Å². The second kappa shape index (κ2) is 8.76. The average Bonchev–Trinajstić information content (AvgIpc) is 2.50. The van der Waals surface area contributed by atoms with Crippen LogP contribution in [-0.2, 0) is 14.3 Å². The van der Waals surface area contributed by atoms with E-state index in [0.717, 1.165) is 0 Å². The lowest BCUT2D eigenvalue weighted by Crippen LogP contribution is -2.32. The van der Waals surface area contributed by atoms with Crippen molar-refractivity contribution in [2.45, 2.75) is 0 Å². The molecule has 0 unspecified atom stereocenters. The highest BCUT2D eigenvalue weighted by Crippen LogP contribution is 2.19. The molecule has 0 aliphatic rings. The molecule has 0 fully saturated rings. The van der Waals surface area contributed by atoms with Gasteiger partial charge in [-0.2, -0.15) is 0 Å². The van der Waals surface area contributed by atoms with Crippen molar-refractivity contribution in [1.82, 2.24) is 0 Å². The largest absolute Gasteiger partial charge is 0.497 e. The summed E-state index contributed by atoms with van der Waals surface area (Å²) < 4.78 is 14.5. The van der Waals surface area contributed by atoms with Crippen molar-refractivity contribution in [2.75, 3.05) is 39.6 Å². The van der Waals surface area contributed by atoms with Crippen LogP contribution < -0.4 is 9.64 Å². The lowest BCUT2D eigenvalue weighted by molar-refractivity contribution is -0.0276. The summed E-state index contributed by atoms with van der Waals surface area (Å²) in [5, 5.41) is 3.65. The topological polar surface area (TPSA) is 69.6 Å². The minimum Gasteiger partial charge on any atom is -0.497 e. The van der Waals surface area contributed by atoms with Gasteiger partial charge in [-0.1, -0.05) is 5.16 Å². The van der Waals surface area contributed by atoms with E-state index >= 15 is 0 Å². The monoisotopic (exact) mass is 282 g/mol. The normalized spacial score (nSPS) is 10.3. The van der Waals surface area contributed by atoms with Gasteiger partial charge < -0.3 is 19.0 Å². The minimum absolute atomic E-state index is 0.0528. The van der Waals surface area contributed by atoms with Gasteiger partial charge in [0.2, 0.25) is 6.79 Å². The molecule has 110 valence electrons. The van der Waals surface area contributed by atoms with E-state index in [4.69, 9.17) is 14.3 Å². The number of hydrogen-bond acceptors (Lipinski definition) is 6. The van der Waals surface area contributed by atoms with E-state index in [-0.39, 0.29) is 13.3 Å². The van der Waals surface area contributed by atoms with Crippen LogP contribution in [0.1, 0.15) is 0 Å². The maximum atomic E-state index is 11.7. The Morgan fingerprint density at radius 3 is 2.50 bits per heavy atom.